The summed E-state index contributed by atoms with van der Waals surface area (Å²) in [4.78, 5) is 0. The fourth-order valence-corrected chi connectivity index (χ4v) is 1.99. The highest BCUT2D eigenvalue weighted by atomic mass is 32.2. The normalized spacial score (nSPS) is 9.50. The van der Waals surface area contributed by atoms with Crippen LogP contribution in [0.1, 0.15) is 11.1 Å². The van der Waals surface area contributed by atoms with E-state index < -0.39 is 0 Å². The second-order valence-electron chi connectivity index (χ2n) is 3.40. The van der Waals surface area contributed by atoms with Crippen molar-refractivity contribution in [1.82, 2.24) is 0 Å². The van der Waals surface area contributed by atoms with Gasteiger partial charge in [-0.3, -0.25) is 0 Å². The first-order chi connectivity index (χ1) is 7.79. The lowest BCUT2D eigenvalue weighted by Crippen LogP contribution is -2.07. The highest BCUT2D eigenvalue weighted by Crippen LogP contribution is 2.19. The molecule has 0 saturated heterocycles. The van der Waals surface area contributed by atoms with Gasteiger partial charge in [0.25, 0.3) is 0 Å². The van der Waals surface area contributed by atoms with Crippen molar-refractivity contribution in [2.45, 2.75) is 6.92 Å². The summed E-state index contributed by atoms with van der Waals surface area (Å²) in [5, 5.41) is 12.3. The number of hydrogen-bond acceptors (Lipinski definition) is 3. The Hall–Kier alpha value is -1.40. The molecule has 0 fully saturated rings. The van der Waals surface area contributed by atoms with Crippen LogP contribution in [0, 0.1) is 18.3 Å². The highest BCUT2D eigenvalue weighted by Gasteiger charge is 2.03. The number of nitrogens with zero attached hydrogens (tertiary/aromatic N) is 1. The molecule has 0 bridgehead atoms. The number of benzene rings is 1. The van der Waals surface area contributed by atoms with Gasteiger partial charge in [0.05, 0.1) is 11.3 Å². The van der Waals surface area contributed by atoms with E-state index in [2.05, 4.69) is 18.0 Å². The Labute approximate surface area is 101 Å². The van der Waals surface area contributed by atoms with Gasteiger partial charge in [0.15, 0.2) is 0 Å². The van der Waals surface area contributed by atoms with E-state index in [0.29, 0.717) is 5.56 Å². The van der Waals surface area contributed by atoms with E-state index in [9.17, 15) is 0 Å². The highest BCUT2D eigenvalue weighted by molar-refractivity contribution is 7.99. The molecule has 2 nitrogen and oxygen atoms in total. The van der Waals surface area contributed by atoms with Gasteiger partial charge in [-0.25, -0.2) is 0 Å². The second kappa shape index (κ2) is 6.97. The van der Waals surface area contributed by atoms with Crippen LogP contribution >= 0.6 is 11.8 Å². The summed E-state index contributed by atoms with van der Waals surface area (Å²) < 4.78 is 0. The van der Waals surface area contributed by atoms with Gasteiger partial charge in [0, 0.05) is 18.1 Å². The lowest BCUT2D eigenvalue weighted by molar-refractivity contribution is 1.21. The van der Waals surface area contributed by atoms with Gasteiger partial charge in [0.1, 0.15) is 6.07 Å². The van der Waals surface area contributed by atoms with E-state index in [4.69, 9.17) is 5.26 Å². The molecule has 0 amide bonds. The van der Waals surface area contributed by atoms with Crippen LogP contribution < -0.4 is 5.32 Å². The van der Waals surface area contributed by atoms with Crippen LogP contribution in [0.3, 0.4) is 0 Å². The van der Waals surface area contributed by atoms with E-state index in [1.54, 1.807) is 0 Å². The average molecular weight is 232 g/mol. The summed E-state index contributed by atoms with van der Waals surface area (Å²) in [6, 6.07) is 7.96. The topological polar surface area (TPSA) is 35.8 Å². The number of nitrogens with one attached hydrogen (secondary N) is 1. The van der Waals surface area contributed by atoms with Crippen LogP contribution in [0.25, 0.3) is 0 Å². The molecule has 0 aliphatic heterocycles. The van der Waals surface area contributed by atoms with E-state index in [1.807, 2.05) is 43.0 Å². The Morgan fingerprint density at radius 3 is 3.06 bits per heavy atom. The van der Waals surface area contributed by atoms with Crippen LogP contribution in [-0.4, -0.2) is 18.1 Å². The van der Waals surface area contributed by atoms with Crippen molar-refractivity contribution in [1.29, 1.82) is 5.26 Å². The standard InChI is InChI=1S/C13H16N2S/c1-3-8-16-9-7-15-13-11(2)5-4-6-12(13)10-14/h3-6,15H,1,7-9H2,2H3. The Bertz CT molecular complexity index is 393. The summed E-state index contributed by atoms with van der Waals surface area (Å²) in [5.74, 6) is 1.99. The maximum atomic E-state index is 8.98. The third kappa shape index (κ3) is 3.63. The fraction of sp³-hybridized carbons (Fsp3) is 0.308. The third-order valence-electron chi connectivity index (χ3n) is 2.18. The number of anilines is 1. The fourth-order valence-electron chi connectivity index (χ4n) is 1.41. The van der Waals surface area contributed by atoms with Crippen LogP contribution in [0.5, 0.6) is 0 Å². The van der Waals surface area contributed by atoms with Crippen molar-refractivity contribution in [3.05, 3.63) is 42.0 Å². The predicted molar refractivity (Wildman–Crippen MR) is 71.9 cm³/mol. The molecule has 0 radical (unpaired) electrons. The first-order valence-electron chi connectivity index (χ1n) is 5.22. The molecule has 0 aromatic heterocycles. The van der Waals surface area contributed by atoms with E-state index in [-0.39, 0.29) is 0 Å². The van der Waals surface area contributed by atoms with E-state index in [1.165, 1.54) is 0 Å². The third-order valence-corrected chi connectivity index (χ3v) is 3.14. The first-order valence-corrected chi connectivity index (χ1v) is 6.37. The smallest absolute Gasteiger partial charge is 0.101 e. The zero-order chi connectivity index (χ0) is 11.8. The summed E-state index contributed by atoms with van der Waals surface area (Å²) >= 11 is 1.83. The number of para-hydroxylation sites is 1. The van der Waals surface area contributed by atoms with Gasteiger partial charge >= 0.3 is 0 Å². The Morgan fingerprint density at radius 1 is 1.56 bits per heavy atom. The molecule has 84 valence electrons. The first kappa shape index (κ1) is 12.7. The maximum absolute atomic E-state index is 8.98. The molecule has 3 heteroatoms. The van der Waals surface area contributed by atoms with Crippen molar-refractivity contribution in [2.24, 2.45) is 0 Å². The van der Waals surface area contributed by atoms with Crippen LogP contribution in [0.15, 0.2) is 30.9 Å². The van der Waals surface area contributed by atoms with Crippen LogP contribution in [0.4, 0.5) is 5.69 Å². The lowest BCUT2D eigenvalue weighted by Gasteiger charge is -2.10. The number of nitriles is 1. The minimum absolute atomic E-state index is 0.716. The minimum Gasteiger partial charge on any atom is -0.383 e. The SMILES string of the molecule is C=CCSCCNc1c(C)cccc1C#N. The van der Waals surface area contributed by atoms with Crippen LogP contribution in [0.2, 0.25) is 0 Å². The quantitative estimate of drug-likeness (QED) is 0.604. The van der Waals surface area contributed by atoms with Gasteiger partial charge in [-0.15, -0.1) is 6.58 Å². The Balaban J connectivity index is 2.53. The number of aryl methyl sites for hydroxylation is 1. The van der Waals surface area contributed by atoms with Crippen molar-refractivity contribution in [3.63, 3.8) is 0 Å². The average Bonchev–Trinajstić information content (AvgIpc) is 2.30. The summed E-state index contributed by atoms with van der Waals surface area (Å²) in [6.07, 6.45) is 1.90. The Kier molecular flexibility index (Phi) is 5.52. The van der Waals surface area contributed by atoms with Gasteiger partial charge in [-0.2, -0.15) is 17.0 Å². The molecule has 1 rings (SSSR count). The largest absolute Gasteiger partial charge is 0.383 e. The monoisotopic (exact) mass is 232 g/mol. The molecule has 0 aliphatic rings. The minimum atomic E-state index is 0.716. The van der Waals surface area contributed by atoms with Gasteiger partial charge in [-0.05, 0) is 18.6 Å². The molecular formula is C13H16N2S. The molecule has 0 unspecified atom stereocenters. The Morgan fingerprint density at radius 2 is 2.38 bits per heavy atom. The molecule has 1 N–H and O–H groups in total. The molecule has 1 aromatic carbocycles. The van der Waals surface area contributed by atoms with Gasteiger partial charge in [0.2, 0.25) is 0 Å². The van der Waals surface area contributed by atoms with E-state index >= 15 is 0 Å². The number of hydrogen-bond donors (Lipinski definition) is 1. The van der Waals surface area contributed by atoms with Crippen molar-refractivity contribution in [3.8, 4) is 6.07 Å². The number of thioether (sulfide) groups is 1. The molecule has 1 aromatic rings. The van der Waals surface area contributed by atoms with E-state index in [0.717, 1.165) is 29.3 Å². The molecule has 0 saturated carbocycles. The van der Waals surface area contributed by atoms with Crippen molar-refractivity contribution in [2.75, 3.05) is 23.4 Å². The summed E-state index contributed by atoms with van der Waals surface area (Å²) in [5.41, 5.74) is 2.80. The van der Waals surface area contributed by atoms with Gasteiger partial charge < -0.3 is 5.32 Å². The molecule has 0 atom stereocenters. The van der Waals surface area contributed by atoms with Crippen molar-refractivity contribution >= 4 is 17.4 Å². The molecule has 0 aliphatic carbocycles. The predicted octanol–water partition coefficient (Wildman–Crippen LogP) is 3.20. The second-order valence-corrected chi connectivity index (χ2v) is 4.55. The molecular weight excluding hydrogens is 216 g/mol. The van der Waals surface area contributed by atoms with Gasteiger partial charge in [-0.1, -0.05) is 18.2 Å². The maximum Gasteiger partial charge on any atom is 0.101 e. The summed E-state index contributed by atoms with van der Waals surface area (Å²) in [7, 11) is 0. The molecule has 0 heterocycles. The zero-order valence-electron chi connectivity index (χ0n) is 9.49. The molecule has 0 spiro atoms. The lowest BCUT2D eigenvalue weighted by atomic mass is 10.1. The zero-order valence-corrected chi connectivity index (χ0v) is 10.3. The van der Waals surface area contributed by atoms with Crippen molar-refractivity contribution < 1.29 is 0 Å². The van der Waals surface area contributed by atoms with Crippen LogP contribution in [-0.2, 0) is 0 Å². The summed E-state index contributed by atoms with van der Waals surface area (Å²) in [6.45, 7) is 6.56. The molecule has 16 heavy (non-hydrogen) atoms. The number of rotatable bonds is 6.